The van der Waals surface area contributed by atoms with Gasteiger partial charge in [0.05, 0.1) is 23.5 Å². The van der Waals surface area contributed by atoms with Crippen LogP contribution in [-0.2, 0) is 0 Å². The smallest absolute Gasteiger partial charge is 0.0604 e. The van der Waals surface area contributed by atoms with Crippen LogP contribution in [0.1, 0.15) is 66.7 Å². The second-order valence-electron chi connectivity index (χ2n) is 7.04. The Morgan fingerprint density at radius 3 is 2.00 bits per heavy atom. The Labute approximate surface area is 150 Å². The monoisotopic (exact) mass is 339 g/mol. The van der Waals surface area contributed by atoms with E-state index in [0.717, 1.165) is 32.2 Å². The Morgan fingerprint density at radius 2 is 1.52 bits per heavy atom. The minimum atomic E-state index is 0.258. The molecular weight excluding hydrogens is 310 g/mol. The molecule has 1 fully saturated rings. The fourth-order valence-corrected chi connectivity index (χ4v) is 4.05. The van der Waals surface area contributed by atoms with Gasteiger partial charge in [-0.1, -0.05) is 12.1 Å². The van der Waals surface area contributed by atoms with E-state index < -0.39 is 0 Å². The van der Waals surface area contributed by atoms with Gasteiger partial charge in [0.15, 0.2) is 0 Å². The molecule has 25 heavy (non-hydrogen) atoms. The van der Waals surface area contributed by atoms with Gasteiger partial charge in [-0.05, 0) is 75.8 Å². The Bertz CT molecular complexity index is 635. The van der Waals surface area contributed by atoms with Crippen molar-refractivity contribution >= 4 is 0 Å². The third-order valence-electron chi connectivity index (χ3n) is 5.31. The first-order valence-corrected chi connectivity index (χ1v) is 9.42. The highest BCUT2D eigenvalue weighted by Gasteiger charge is 2.34. The second-order valence-corrected chi connectivity index (χ2v) is 7.04. The molecule has 0 radical (unpaired) electrons. The maximum Gasteiger partial charge on any atom is 0.0604 e. The molecule has 2 aromatic heterocycles. The van der Waals surface area contributed by atoms with Crippen molar-refractivity contribution in [1.29, 1.82) is 0 Å². The number of aromatic nitrogens is 2. The van der Waals surface area contributed by atoms with Gasteiger partial charge in [-0.3, -0.25) is 14.9 Å². The Hall–Kier alpha value is -1.78. The van der Waals surface area contributed by atoms with Gasteiger partial charge in [-0.15, -0.1) is 0 Å². The van der Waals surface area contributed by atoms with E-state index in [2.05, 4.69) is 30.9 Å². The zero-order valence-corrected chi connectivity index (χ0v) is 15.4. The first-order chi connectivity index (χ1) is 12.2. The van der Waals surface area contributed by atoms with Crippen molar-refractivity contribution in [3.8, 4) is 0 Å². The number of likely N-dealkylation sites (tertiary alicyclic amines) is 1. The van der Waals surface area contributed by atoms with Crippen LogP contribution in [0.5, 0.6) is 0 Å². The molecule has 0 spiro atoms. The summed E-state index contributed by atoms with van der Waals surface area (Å²) in [5.41, 5.74) is 4.92. The number of aliphatic hydroxyl groups is 1. The molecular formula is C21H29N3O. The average molecular weight is 339 g/mol. The predicted molar refractivity (Wildman–Crippen MR) is 100 cm³/mol. The van der Waals surface area contributed by atoms with E-state index in [-0.39, 0.29) is 6.61 Å². The van der Waals surface area contributed by atoms with Crippen molar-refractivity contribution in [2.45, 2.75) is 58.0 Å². The lowest BCUT2D eigenvalue weighted by molar-refractivity contribution is 0.0725. The largest absolute Gasteiger partial charge is 0.396 e. The lowest BCUT2D eigenvalue weighted by atomic mass is 9.88. The van der Waals surface area contributed by atoms with E-state index in [4.69, 9.17) is 9.97 Å². The topological polar surface area (TPSA) is 49.2 Å². The number of pyridine rings is 2. The fraction of sp³-hybridized carbons (Fsp3) is 0.524. The molecule has 4 heteroatoms. The predicted octanol–water partition coefficient (Wildman–Crippen LogP) is 4.13. The normalized spacial score (nSPS) is 21.4. The van der Waals surface area contributed by atoms with Gasteiger partial charge in [0.2, 0.25) is 0 Å². The van der Waals surface area contributed by atoms with Crippen LogP contribution in [0.2, 0.25) is 0 Å². The molecule has 134 valence electrons. The van der Waals surface area contributed by atoms with Crippen LogP contribution in [-0.4, -0.2) is 33.1 Å². The summed E-state index contributed by atoms with van der Waals surface area (Å²) in [6.45, 7) is 5.55. The Balaban J connectivity index is 1.94. The van der Waals surface area contributed by atoms with E-state index in [1.807, 2.05) is 24.5 Å². The van der Waals surface area contributed by atoms with Crippen LogP contribution in [0.4, 0.5) is 0 Å². The van der Waals surface area contributed by atoms with Crippen molar-refractivity contribution < 1.29 is 5.11 Å². The van der Waals surface area contributed by atoms with Crippen LogP contribution in [0.3, 0.4) is 0 Å². The van der Waals surface area contributed by atoms with Crippen LogP contribution >= 0.6 is 0 Å². The number of unbranched alkanes of at least 4 members (excludes halogenated alkanes) is 1. The van der Waals surface area contributed by atoms with Crippen molar-refractivity contribution in [2.24, 2.45) is 0 Å². The van der Waals surface area contributed by atoms with Crippen LogP contribution in [0, 0.1) is 13.8 Å². The summed E-state index contributed by atoms with van der Waals surface area (Å²) >= 11 is 0. The van der Waals surface area contributed by atoms with Crippen molar-refractivity contribution in [1.82, 2.24) is 14.9 Å². The fourth-order valence-electron chi connectivity index (χ4n) is 4.05. The second kappa shape index (κ2) is 8.54. The number of hydrogen-bond acceptors (Lipinski definition) is 4. The van der Waals surface area contributed by atoms with Gasteiger partial charge in [0.25, 0.3) is 0 Å². The molecule has 1 N–H and O–H groups in total. The molecule has 0 amide bonds. The molecule has 3 rings (SSSR count). The molecule has 1 saturated heterocycles. The van der Waals surface area contributed by atoms with E-state index in [9.17, 15) is 5.11 Å². The first-order valence-electron chi connectivity index (χ1n) is 9.42. The average Bonchev–Trinajstić information content (AvgIpc) is 2.63. The van der Waals surface area contributed by atoms with Crippen molar-refractivity contribution in [2.75, 3.05) is 13.2 Å². The van der Waals surface area contributed by atoms with Gasteiger partial charge >= 0.3 is 0 Å². The summed E-state index contributed by atoms with van der Waals surface area (Å²) in [5.74, 6) is 0. The zero-order chi connectivity index (χ0) is 17.6. The molecule has 2 atom stereocenters. The van der Waals surface area contributed by atoms with Crippen LogP contribution in [0.25, 0.3) is 0 Å². The van der Waals surface area contributed by atoms with Gasteiger partial charge in [-0.2, -0.15) is 0 Å². The van der Waals surface area contributed by atoms with Crippen LogP contribution in [0.15, 0.2) is 36.7 Å². The number of rotatable bonds is 6. The standard InChI is InChI=1S/C21H29N3O/c1-16-8-6-12-22-20(16)18-10-5-11-19(24(18)14-3-4-15-25)21-17(2)9-7-13-23-21/h6-9,12-13,18-19,25H,3-5,10-11,14-15H2,1-2H3. The van der Waals surface area contributed by atoms with Crippen LogP contribution < -0.4 is 0 Å². The molecule has 2 unspecified atom stereocenters. The SMILES string of the molecule is Cc1cccnc1C1CCCC(c2ncccc2C)N1CCCCO. The molecule has 1 aliphatic heterocycles. The minimum absolute atomic E-state index is 0.258. The zero-order valence-electron chi connectivity index (χ0n) is 15.4. The lowest BCUT2D eigenvalue weighted by Crippen LogP contribution is -2.38. The maximum atomic E-state index is 9.21. The summed E-state index contributed by atoms with van der Waals surface area (Å²) < 4.78 is 0. The molecule has 0 saturated carbocycles. The summed E-state index contributed by atoms with van der Waals surface area (Å²) in [5, 5.41) is 9.21. The lowest BCUT2D eigenvalue weighted by Gasteiger charge is -2.42. The minimum Gasteiger partial charge on any atom is -0.396 e. The highest BCUT2D eigenvalue weighted by atomic mass is 16.2. The van der Waals surface area contributed by atoms with Crippen molar-refractivity contribution in [3.05, 3.63) is 59.2 Å². The molecule has 0 aromatic carbocycles. The number of nitrogens with zero attached hydrogens (tertiary/aromatic N) is 3. The molecule has 3 heterocycles. The third-order valence-corrected chi connectivity index (χ3v) is 5.31. The highest BCUT2D eigenvalue weighted by Crippen LogP contribution is 2.42. The molecule has 0 aliphatic carbocycles. The Morgan fingerprint density at radius 1 is 0.960 bits per heavy atom. The molecule has 4 nitrogen and oxygen atoms in total. The van der Waals surface area contributed by atoms with Gasteiger partial charge in [0.1, 0.15) is 0 Å². The first kappa shape index (κ1) is 18.0. The number of aryl methyl sites for hydroxylation is 2. The Kier molecular flexibility index (Phi) is 6.16. The molecule has 1 aliphatic rings. The number of piperidine rings is 1. The van der Waals surface area contributed by atoms with E-state index in [1.54, 1.807) is 0 Å². The van der Waals surface area contributed by atoms with Gasteiger partial charge in [-0.25, -0.2) is 0 Å². The van der Waals surface area contributed by atoms with Crippen molar-refractivity contribution in [3.63, 3.8) is 0 Å². The number of hydrogen-bond donors (Lipinski definition) is 1. The molecule has 2 aromatic rings. The summed E-state index contributed by atoms with van der Waals surface area (Å²) in [6.07, 6.45) is 9.13. The van der Waals surface area contributed by atoms with Gasteiger partial charge < -0.3 is 5.11 Å². The van der Waals surface area contributed by atoms with E-state index >= 15 is 0 Å². The van der Waals surface area contributed by atoms with Gasteiger partial charge in [0, 0.05) is 19.0 Å². The summed E-state index contributed by atoms with van der Waals surface area (Å²) in [6, 6.07) is 9.00. The number of aliphatic hydroxyl groups excluding tert-OH is 1. The summed E-state index contributed by atoms with van der Waals surface area (Å²) in [4.78, 5) is 12.0. The quantitative estimate of drug-likeness (QED) is 0.804. The maximum absolute atomic E-state index is 9.21. The summed E-state index contributed by atoms with van der Waals surface area (Å²) in [7, 11) is 0. The molecule has 0 bridgehead atoms. The third kappa shape index (κ3) is 4.07. The highest BCUT2D eigenvalue weighted by molar-refractivity contribution is 5.25. The van der Waals surface area contributed by atoms with E-state index in [0.29, 0.717) is 12.1 Å². The van der Waals surface area contributed by atoms with E-state index in [1.165, 1.54) is 28.9 Å².